The number of amides is 1. The fraction of sp³-hybridized carbons (Fsp3) is 0.533. The van der Waals surface area contributed by atoms with E-state index in [9.17, 15) is 14.9 Å². The van der Waals surface area contributed by atoms with Crippen LogP contribution in [0.5, 0.6) is 0 Å². The first-order valence-corrected chi connectivity index (χ1v) is 7.23. The summed E-state index contributed by atoms with van der Waals surface area (Å²) >= 11 is 0. The molecule has 1 aromatic carbocycles. The molecule has 0 radical (unpaired) electrons. The number of rotatable bonds is 4. The average molecular weight is 291 g/mol. The van der Waals surface area contributed by atoms with Crippen LogP contribution in [0.3, 0.4) is 0 Å². The van der Waals surface area contributed by atoms with Crippen LogP contribution in [-0.4, -0.2) is 23.4 Å². The van der Waals surface area contributed by atoms with Gasteiger partial charge in [-0.15, -0.1) is 0 Å². The SMILES string of the molecule is Cc1c(CNC(=O)C2CCNC(C)C2)cccc1[N+](=O)[O-]. The van der Waals surface area contributed by atoms with Crippen molar-refractivity contribution in [1.82, 2.24) is 10.6 Å². The van der Waals surface area contributed by atoms with Crippen molar-refractivity contribution in [3.8, 4) is 0 Å². The molecule has 114 valence electrons. The lowest BCUT2D eigenvalue weighted by atomic mass is 9.92. The molecule has 0 aromatic heterocycles. The highest BCUT2D eigenvalue weighted by Crippen LogP contribution is 2.21. The second-order valence-corrected chi connectivity index (χ2v) is 5.61. The lowest BCUT2D eigenvalue weighted by molar-refractivity contribution is -0.385. The third kappa shape index (κ3) is 3.78. The number of nitro benzene ring substituents is 1. The number of hydrogen-bond acceptors (Lipinski definition) is 4. The fourth-order valence-corrected chi connectivity index (χ4v) is 2.76. The molecule has 6 heteroatoms. The molecular weight excluding hydrogens is 270 g/mol. The number of nitrogens with one attached hydrogen (secondary N) is 2. The molecule has 0 saturated carbocycles. The quantitative estimate of drug-likeness (QED) is 0.655. The first kappa shape index (κ1) is 15.4. The molecule has 1 aromatic rings. The standard InChI is InChI=1S/C15H21N3O3/c1-10-8-12(6-7-16-10)15(19)17-9-13-4-3-5-14(11(13)2)18(20)21/h3-5,10,12,16H,6-9H2,1-2H3,(H,17,19). The van der Waals surface area contributed by atoms with Crippen LogP contribution in [0.4, 0.5) is 5.69 Å². The minimum atomic E-state index is -0.394. The maximum atomic E-state index is 12.2. The van der Waals surface area contributed by atoms with Crippen LogP contribution >= 0.6 is 0 Å². The van der Waals surface area contributed by atoms with Gasteiger partial charge in [0.25, 0.3) is 5.69 Å². The molecule has 2 N–H and O–H groups in total. The Labute approximate surface area is 124 Å². The Bertz CT molecular complexity index is 545. The number of carbonyl (C=O) groups excluding carboxylic acids is 1. The molecule has 1 amide bonds. The van der Waals surface area contributed by atoms with E-state index in [2.05, 4.69) is 17.6 Å². The van der Waals surface area contributed by atoms with E-state index in [0.29, 0.717) is 18.2 Å². The Kier molecular flexibility index (Phi) is 4.90. The highest BCUT2D eigenvalue weighted by molar-refractivity contribution is 5.78. The van der Waals surface area contributed by atoms with Crippen LogP contribution in [0.1, 0.15) is 30.9 Å². The molecular formula is C15H21N3O3. The van der Waals surface area contributed by atoms with Gasteiger partial charge in [0.2, 0.25) is 5.91 Å². The summed E-state index contributed by atoms with van der Waals surface area (Å²) in [7, 11) is 0. The lowest BCUT2D eigenvalue weighted by Crippen LogP contribution is -2.42. The highest BCUT2D eigenvalue weighted by Gasteiger charge is 2.24. The molecule has 1 saturated heterocycles. The Morgan fingerprint density at radius 2 is 2.29 bits per heavy atom. The Hall–Kier alpha value is -1.95. The number of nitrogens with zero attached hydrogens (tertiary/aromatic N) is 1. The zero-order valence-corrected chi connectivity index (χ0v) is 12.4. The van der Waals surface area contributed by atoms with E-state index in [4.69, 9.17) is 0 Å². The van der Waals surface area contributed by atoms with Crippen molar-refractivity contribution < 1.29 is 9.72 Å². The van der Waals surface area contributed by atoms with Gasteiger partial charge in [-0.05, 0) is 38.8 Å². The molecule has 6 nitrogen and oxygen atoms in total. The van der Waals surface area contributed by atoms with Crippen LogP contribution in [0, 0.1) is 23.0 Å². The van der Waals surface area contributed by atoms with Gasteiger partial charge in [-0.3, -0.25) is 14.9 Å². The third-order valence-corrected chi connectivity index (χ3v) is 4.06. The van der Waals surface area contributed by atoms with Crippen LogP contribution < -0.4 is 10.6 Å². The summed E-state index contributed by atoms with van der Waals surface area (Å²) in [6.45, 7) is 4.98. The van der Waals surface area contributed by atoms with Crippen molar-refractivity contribution in [2.75, 3.05) is 6.54 Å². The monoisotopic (exact) mass is 291 g/mol. The van der Waals surface area contributed by atoms with Crippen molar-refractivity contribution in [2.45, 2.75) is 39.3 Å². The van der Waals surface area contributed by atoms with Gasteiger partial charge in [0.05, 0.1) is 4.92 Å². The molecule has 0 aliphatic carbocycles. The topological polar surface area (TPSA) is 84.3 Å². The Morgan fingerprint density at radius 1 is 1.52 bits per heavy atom. The molecule has 2 unspecified atom stereocenters. The van der Waals surface area contributed by atoms with Crippen molar-refractivity contribution >= 4 is 11.6 Å². The molecule has 1 heterocycles. The Morgan fingerprint density at radius 3 is 2.95 bits per heavy atom. The zero-order chi connectivity index (χ0) is 15.4. The van der Waals surface area contributed by atoms with E-state index in [1.165, 1.54) is 6.07 Å². The molecule has 1 aliphatic rings. The smallest absolute Gasteiger partial charge is 0.272 e. The molecule has 21 heavy (non-hydrogen) atoms. The normalized spacial score (nSPS) is 21.8. The van der Waals surface area contributed by atoms with Crippen LogP contribution in [0.2, 0.25) is 0 Å². The highest BCUT2D eigenvalue weighted by atomic mass is 16.6. The average Bonchev–Trinajstić information content (AvgIpc) is 2.45. The molecule has 2 atom stereocenters. The van der Waals surface area contributed by atoms with Crippen molar-refractivity contribution in [3.63, 3.8) is 0 Å². The summed E-state index contributed by atoms with van der Waals surface area (Å²) < 4.78 is 0. The van der Waals surface area contributed by atoms with E-state index >= 15 is 0 Å². The zero-order valence-electron chi connectivity index (χ0n) is 12.4. The first-order chi connectivity index (χ1) is 9.99. The summed E-state index contributed by atoms with van der Waals surface area (Å²) in [5.74, 6) is 0.0644. The molecule has 0 bridgehead atoms. The minimum Gasteiger partial charge on any atom is -0.352 e. The number of carbonyl (C=O) groups is 1. The van der Waals surface area contributed by atoms with Gasteiger partial charge >= 0.3 is 0 Å². The molecule has 1 fully saturated rings. The first-order valence-electron chi connectivity index (χ1n) is 7.23. The third-order valence-electron chi connectivity index (χ3n) is 4.06. The van der Waals surface area contributed by atoms with Gasteiger partial charge in [0, 0.05) is 30.1 Å². The van der Waals surface area contributed by atoms with Crippen LogP contribution in [0.25, 0.3) is 0 Å². The predicted molar refractivity (Wildman–Crippen MR) is 79.9 cm³/mol. The fourth-order valence-electron chi connectivity index (χ4n) is 2.76. The maximum Gasteiger partial charge on any atom is 0.272 e. The molecule has 1 aliphatic heterocycles. The van der Waals surface area contributed by atoms with Gasteiger partial charge in [0.15, 0.2) is 0 Å². The summed E-state index contributed by atoms with van der Waals surface area (Å²) in [4.78, 5) is 22.7. The maximum absolute atomic E-state index is 12.2. The lowest BCUT2D eigenvalue weighted by Gasteiger charge is -2.27. The number of hydrogen-bond donors (Lipinski definition) is 2. The summed E-state index contributed by atoms with van der Waals surface area (Å²) in [5.41, 5.74) is 1.50. The Balaban J connectivity index is 1.98. The van der Waals surface area contributed by atoms with E-state index in [1.54, 1.807) is 13.0 Å². The van der Waals surface area contributed by atoms with E-state index in [1.807, 2.05) is 6.07 Å². The largest absolute Gasteiger partial charge is 0.352 e. The predicted octanol–water partition coefficient (Wildman–Crippen LogP) is 1.91. The molecule has 0 spiro atoms. The summed E-state index contributed by atoms with van der Waals surface area (Å²) in [6.07, 6.45) is 1.67. The van der Waals surface area contributed by atoms with Crippen molar-refractivity contribution in [2.24, 2.45) is 5.92 Å². The van der Waals surface area contributed by atoms with Crippen molar-refractivity contribution in [1.29, 1.82) is 0 Å². The van der Waals surface area contributed by atoms with E-state index in [-0.39, 0.29) is 17.5 Å². The van der Waals surface area contributed by atoms with E-state index in [0.717, 1.165) is 24.9 Å². The van der Waals surface area contributed by atoms with E-state index < -0.39 is 4.92 Å². The van der Waals surface area contributed by atoms with Crippen LogP contribution in [-0.2, 0) is 11.3 Å². The van der Waals surface area contributed by atoms with Crippen LogP contribution in [0.15, 0.2) is 18.2 Å². The van der Waals surface area contributed by atoms with Gasteiger partial charge in [-0.1, -0.05) is 12.1 Å². The number of piperidine rings is 1. The number of nitro groups is 1. The van der Waals surface area contributed by atoms with Gasteiger partial charge in [0.1, 0.15) is 0 Å². The molecule has 2 rings (SSSR count). The summed E-state index contributed by atoms with van der Waals surface area (Å²) in [5, 5.41) is 17.1. The second-order valence-electron chi connectivity index (χ2n) is 5.61. The number of benzene rings is 1. The minimum absolute atomic E-state index is 0.0280. The van der Waals surface area contributed by atoms with Gasteiger partial charge in [-0.2, -0.15) is 0 Å². The van der Waals surface area contributed by atoms with Crippen molar-refractivity contribution in [3.05, 3.63) is 39.4 Å². The van der Waals surface area contributed by atoms with Gasteiger partial charge in [-0.25, -0.2) is 0 Å². The van der Waals surface area contributed by atoms with Gasteiger partial charge < -0.3 is 10.6 Å². The second kappa shape index (κ2) is 6.67. The summed E-state index contributed by atoms with van der Waals surface area (Å²) in [6, 6.07) is 5.30.